The third-order valence-corrected chi connectivity index (χ3v) is 4.18. The summed E-state index contributed by atoms with van der Waals surface area (Å²) in [7, 11) is 0. The van der Waals surface area contributed by atoms with Gasteiger partial charge in [-0.25, -0.2) is 4.98 Å². The molecule has 0 saturated heterocycles. The van der Waals surface area contributed by atoms with E-state index in [2.05, 4.69) is 52.1 Å². The van der Waals surface area contributed by atoms with Gasteiger partial charge in [0, 0.05) is 18.6 Å². The highest BCUT2D eigenvalue weighted by atomic mass is 79.9. The van der Waals surface area contributed by atoms with Crippen LogP contribution in [0.5, 0.6) is 0 Å². The van der Waals surface area contributed by atoms with Crippen molar-refractivity contribution < 1.29 is 5.11 Å². The average molecular weight is 298 g/mol. The van der Waals surface area contributed by atoms with E-state index in [4.69, 9.17) is 5.11 Å². The lowest BCUT2D eigenvalue weighted by Gasteiger charge is -1.96. The normalized spacial score (nSPS) is 10.7. The smallest absolute Gasteiger partial charge is 0.124 e. The molecule has 0 spiro atoms. The standard InChI is InChI=1S/C12H12BrNOS/c1-8-2-4-9(5-3-8)12-14-10(6-7-15)11(13)16-12/h2-5,15H,6-7H2,1H3. The van der Waals surface area contributed by atoms with Crippen molar-refractivity contribution in [2.45, 2.75) is 13.3 Å². The highest BCUT2D eigenvalue weighted by molar-refractivity contribution is 9.11. The van der Waals surface area contributed by atoms with Gasteiger partial charge in [-0.1, -0.05) is 29.8 Å². The highest BCUT2D eigenvalue weighted by Gasteiger charge is 2.09. The minimum Gasteiger partial charge on any atom is -0.396 e. The molecule has 1 heterocycles. The molecule has 2 nitrogen and oxygen atoms in total. The highest BCUT2D eigenvalue weighted by Crippen LogP contribution is 2.32. The SMILES string of the molecule is Cc1ccc(-c2nc(CCO)c(Br)s2)cc1. The van der Waals surface area contributed by atoms with Gasteiger partial charge in [-0.15, -0.1) is 11.3 Å². The van der Waals surface area contributed by atoms with E-state index in [0.717, 1.165) is 20.1 Å². The Morgan fingerprint density at radius 3 is 2.62 bits per heavy atom. The number of hydrogen-bond donors (Lipinski definition) is 1. The van der Waals surface area contributed by atoms with Gasteiger partial charge in [0.15, 0.2) is 0 Å². The van der Waals surface area contributed by atoms with E-state index in [1.807, 2.05) is 0 Å². The monoisotopic (exact) mass is 297 g/mol. The Kier molecular flexibility index (Phi) is 3.74. The minimum atomic E-state index is 0.135. The fraction of sp³-hybridized carbons (Fsp3) is 0.250. The van der Waals surface area contributed by atoms with Crippen molar-refractivity contribution >= 4 is 27.3 Å². The summed E-state index contributed by atoms with van der Waals surface area (Å²) >= 11 is 5.08. The van der Waals surface area contributed by atoms with E-state index in [-0.39, 0.29) is 6.61 Å². The van der Waals surface area contributed by atoms with Crippen molar-refractivity contribution in [3.8, 4) is 10.6 Å². The Bertz CT molecular complexity index is 478. The van der Waals surface area contributed by atoms with Gasteiger partial charge < -0.3 is 5.11 Å². The number of hydrogen-bond acceptors (Lipinski definition) is 3. The number of benzene rings is 1. The molecule has 16 heavy (non-hydrogen) atoms. The molecule has 0 aliphatic heterocycles. The molecule has 1 N–H and O–H groups in total. The summed E-state index contributed by atoms with van der Waals surface area (Å²) in [5.74, 6) is 0. The lowest BCUT2D eigenvalue weighted by Crippen LogP contribution is -1.91. The third-order valence-electron chi connectivity index (χ3n) is 2.30. The summed E-state index contributed by atoms with van der Waals surface area (Å²) in [5.41, 5.74) is 3.30. The fourth-order valence-electron chi connectivity index (χ4n) is 1.41. The average Bonchev–Trinajstić information content (AvgIpc) is 2.62. The molecule has 1 aromatic carbocycles. The molecule has 0 bridgehead atoms. The lowest BCUT2D eigenvalue weighted by molar-refractivity contribution is 0.298. The topological polar surface area (TPSA) is 33.1 Å². The maximum absolute atomic E-state index is 8.90. The van der Waals surface area contributed by atoms with Crippen molar-refractivity contribution in [1.82, 2.24) is 4.98 Å². The van der Waals surface area contributed by atoms with E-state index >= 15 is 0 Å². The van der Waals surface area contributed by atoms with Crippen LogP contribution < -0.4 is 0 Å². The molecule has 0 fully saturated rings. The Morgan fingerprint density at radius 2 is 2.00 bits per heavy atom. The van der Waals surface area contributed by atoms with E-state index in [0.29, 0.717) is 6.42 Å². The Hall–Kier alpha value is -0.710. The molecule has 0 atom stereocenters. The van der Waals surface area contributed by atoms with Gasteiger partial charge in [0.2, 0.25) is 0 Å². The van der Waals surface area contributed by atoms with Gasteiger partial charge in [-0.05, 0) is 22.9 Å². The molecule has 0 aliphatic rings. The predicted molar refractivity (Wildman–Crippen MR) is 70.8 cm³/mol. The molecule has 0 radical (unpaired) electrons. The fourth-order valence-corrected chi connectivity index (χ4v) is 3.00. The number of aliphatic hydroxyl groups is 1. The molecule has 2 aromatic rings. The first-order chi connectivity index (χ1) is 7.70. The summed E-state index contributed by atoms with van der Waals surface area (Å²) < 4.78 is 1.01. The van der Waals surface area contributed by atoms with Crippen LogP contribution in [0, 0.1) is 6.92 Å². The van der Waals surface area contributed by atoms with Gasteiger partial charge in [0.25, 0.3) is 0 Å². The van der Waals surface area contributed by atoms with E-state index < -0.39 is 0 Å². The maximum Gasteiger partial charge on any atom is 0.124 e. The Labute approximate surface area is 107 Å². The molecule has 0 unspecified atom stereocenters. The van der Waals surface area contributed by atoms with Crippen LogP contribution in [-0.2, 0) is 6.42 Å². The zero-order chi connectivity index (χ0) is 11.5. The van der Waals surface area contributed by atoms with Crippen molar-refractivity contribution in [3.63, 3.8) is 0 Å². The first kappa shape index (κ1) is 11.8. The second kappa shape index (κ2) is 5.08. The van der Waals surface area contributed by atoms with Crippen LogP contribution in [0.1, 0.15) is 11.3 Å². The number of aromatic nitrogens is 1. The van der Waals surface area contributed by atoms with Crippen LogP contribution in [0.3, 0.4) is 0 Å². The lowest BCUT2D eigenvalue weighted by atomic mass is 10.2. The van der Waals surface area contributed by atoms with Gasteiger partial charge in [-0.2, -0.15) is 0 Å². The first-order valence-electron chi connectivity index (χ1n) is 5.04. The number of aryl methyl sites for hydroxylation is 1. The second-order valence-electron chi connectivity index (χ2n) is 3.58. The Morgan fingerprint density at radius 1 is 1.31 bits per heavy atom. The molecule has 4 heteroatoms. The first-order valence-corrected chi connectivity index (χ1v) is 6.65. The van der Waals surface area contributed by atoms with E-state index in [1.54, 1.807) is 11.3 Å². The molecule has 1 aromatic heterocycles. The summed E-state index contributed by atoms with van der Waals surface area (Å²) in [4.78, 5) is 4.51. The van der Waals surface area contributed by atoms with Crippen molar-refractivity contribution in [2.24, 2.45) is 0 Å². The maximum atomic E-state index is 8.90. The third kappa shape index (κ3) is 2.51. The summed E-state index contributed by atoms with van der Waals surface area (Å²) in [6, 6.07) is 8.30. The molecule has 0 amide bonds. The minimum absolute atomic E-state index is 0.135. The number of halogens is 1. The van der Waals surface area contributed by atoms with Gasteiger partial charge >= 0.3 is 0 Å². The number of rotatable bonds is 3. The molecular formula is C12H12BrNOS. The zero-order valence-corrected chi connectivity index (χ0v) is 11.3. The summed E-state index contributed by atoms with van der Waals surface area (Å²) in [5, 5.41) is 9.90. The quantitative estimate of drug-likeness (QED) is 0.942. The molecule has 0 aliphatic carbocycles. The zero-order valence-electron chi connectivity index (χ0n) is 8.90. The van der Waals surface area contributed by atoms with Gasteiger partial charge in [-0.3, -0.25) is 0 Å². The van der Waals surface area contributed by atoms with Crippen LogP contribution in [0.4, 0.5) is 0 Å². The number of aliphatic hydroxyl groups excluding tert-OH is 1. The summed E-state index contributed by atoms with van der Waals surface area (Å²) in [6.07, 6.45) is 0.600. The number of thiazole rings is 1. The predicted octanol–water partition coefficient (Wildman–Crippen LogP) is 3.42. The van der Waals surface area contributed by atoms with Crippen molar-refractivity contribution in [1.29, 1.82) is 0 Å². The largest absolute Gasteiger partial charge is 0.396 e. The molecule has 0 saturated carbocycles. The van der Waals surface area contributed by atoms with Crippen LogP contribution >= 0.6 is 27.3 Å². The molecule has 84 valence electrons. The van der Waals surface area contributed by atoms with Crippen molar-refractivity contribution in [2.75, 3.05) is 6.61 Å². The Balaban J connectivity index is 2.33. The molecule has 2 rings (SSSR count). The van der Waals surface area contributed by atoms with Crippen molar-refractivity contribution in [3.05, 3.63) is 39.3 Å². The van der Waals surface area contributed by atoms with Crippen LogP contribution in [0.2, 0.25) is 0 Å². The van der Waals surface area contributed by atoms with E-state index in [9.17, 15) is 0 Å². The molecular weight excluding hydrogens is 286 g/mol. The van der Waals surface area contributed by atoms with Gasteiger partial charge in [0.05, 0.1) is 9.48 Å². The summed E-state index contributed by atoms with van der Waals surface area (Å²) in [6.45, 7) is 2.20. The van der Waals surface area contributed by atoms with Crippen LogP contribution in [0.15, 0.2) is 28.1 Å². The number of nitrogens with zero attached hydrogens (tertiary/aromatic N) is 1. The van der Waals surface area contributed by atoms with E-state index in [1.165, 1.54) is 5.56 Å². The van der Waals surface area contributed by atoms with Crippen LogP contribution in [0.25, 0.3) is 10.6 Å². The second-order valence-corrected chi connectivity index (χ2v) is 5.90. The van der Waals surface area contributed by atoms with Gasteiger partial charge in [0.1, 0.15) is 5.01 Å². The van der Waals surface area contributed by atoms with Crippen LogP contribution in [-0.4, -0.2) is 16.7 Å².